The van der Waals surface area contributed by atoms with Crippen molar-refractivity contribution in [3.05, 3.63) is 48.2 Å². The van der Waals surface area contributed by atoms with Crippen LogP contribution in [0, 0.1) is 0 Å². The minimum absolute atomic E-state index is 0.0189. The minimum atomic E-state index is -4.20. The Morgan fingerprint density at radius 2 is 1.64 bits per heavy atom. The average Bonchev–Trinajstić information content (AvgIpc) is 3.71. The lowest BCUT2D eigenvalue weighted by Crippen LogP contribution is -2.21. The van der Waals surface area contributed by atoms with E-state index in [1.165, 1.54) is 19.4 Å². The van der Waals surface area contributed by atoms with Crippen LogP contribution >= 0.6 is 0 Å². The van der Waals surface area contributed by atoms with Crippen molar-refractivity contribution in [2.45, 2.75) is 62.7 Å². The van der Waals surface area contributed by atoms with E-state index >= 15 is 0 Å². The van der Waals surface area contributed by atoms with Gasteiger partial charge in [-0.05, 0) is 55.4 Å². The molecule has 1 aromatic carbocycles. The summed E-state index contributed by atoms with van der Waals surface area (Å²) in [6.45, 7) is 5.68. The summed E-state index contributed by atoms with van der Waals surface area (Å²) in [7, 11) is -2.70. The zero-order valence-electron chi connectivity index (χ0n) is 23.9. The van der Waals surface area contributed by atoms with E-state index in [4.69, 9.17) is 28.4 Å². The topological polar surface area (TPSA) is 140 Å². The van der Waals surface area contributed by atoms with Crippen LogP contribution < -0.4 is 23.7 Å². The molecule has 2 unspecified atom stereocenters. The number of ether oxygens (including phenoxy) is 6. The fourth-order valence-corrected chi connectivity index (χ4v) is 5.45. The van der Waals surface area contributed by atoms with Gasteiger partial charge in [0, 0.05) is 19.4 Å². The van der Waals surface area contributed by atoms with Gasteiger partial charge in [0.05, 0.1) is 19.3 Å². The van der Waals surface area contributed by atoms with Crippen LogP contribution in [-0.4, -0.2) is 69.1 Å². The second-order valence-electron chi connectivity index (χ2n) is 10.3. The van der Waals surface area contributed by atoms with Crippen LogP contribution in [0.3, 0.4) is 0 Å². The molecule has 2 saturated heterocycles. The number of para-hydroxylation sites is 2. The monoisotopic (exact) mass is 600 g/mol. The second-order valence-corrected chi connectivity index (χ2v) is 12.0. The van der Waals surface area contributed by atoms with Crippen molar-refractivity contribution in [3.63, 3.8) is 0 Å². The number of methoxy groups -OCH3 is 1. The lowest BCUT2D eigenvalue weighted by Gasteiger charge is -2.19. The summed E-state index contributed by atoms with van der Waals surface area (Å²) in [6.07, 6.45) is 4.81. The molecular weight excluding hydrogens is 564 g/mol. The lowest BCUT2D eigenvalue weighted by molar-refractivity contribution is 0.0601. The summed E-state index contributed by atoms with van der Waals surface area (Å²) in [5, 5.41) is -0.183. The first-order valence-corrected chi connectivity index (χ1v) is 15.5. The molecular formula is C29H36N4O8S. The van der Waals surface area contributed by atoms with Gasteiger partial charge in [0.25, 0.3) is 15.9 Å². The van der Waals surface area contributed by atoms with E-state index in [0.717, 1.165) is 31.2 Å². The van der Waals surface area contributed by atoms with Crippen molar-refractivity contribution >= 4 is 15.8 Å². The number of hydrogen-bond donors (Lipinski definition) is 1. The van der Waals surface area contributed by atoms with E-state index in [9.17, 15) is 8.42 Å². The zero-order valence-corrected chi connectivity index (χ0v) is 24.8. The molecule has 2 aromatic heterocycles. The van der Waals surface area contributed by atoms with Crippen LogP contribution in [-0.2, 0) is 19.5 Å². The summed E-state index contributed by atoms with van der Waals surface area (Å²) in [6, 6.07) is 10.0. The number of anilines is 1. The zero-order chi connectivity index (χ0) is 29.5. The third-order valence-electron chi connectivity index (χ3n) is 6.88. The number of nitrogens with zero attached hydrogens (tertiary/aromatic N) is 3. The van der Waals surface area contributed by atoms with E-state index < -0.39 is 10.0 Å². The average molecular weight is 601 g/mol. The molecule has 12 nitrogen and oxygen atoms in total. The number of benzene rings is 1. The van der Waals surface area contributed by atoms with Crippen molar-refractivity contribution in [2.75, 3.05) is 38.3 Å². The third kappa shape index (κ3) is 7.39. The largest absolute Gasteiger partial charge is 0.493 e. The van der Waals surface area contributed by atoms with Gasteiger partial charge >= 0.3 is 6.01 Å². The Hall–Kier alpha value is -3.68. The Labute approximate surface area is 245 Å². The quantitative estimate of drug-likeness (QED) is 0.292. The molecule has 226 valence electrons. The van der Waals surface area contributed by atoms with Crippen LogP contribution in [0.4, 0.5) is 5.82 Å². The smallest absolute Gasteiger partial charge is 0.322 e. The summed E-state index contributed by atoms with van der Waals surface area (Å²) in [4.78, 5) is 13.0. The number of hydrogen-bond acceptors (Lipinski definition) is 11. The Balaban J connectivity index is 1.53. The molecule has 1 N–H and O–H groups in total. The molecule has 2 fully saturated rings. The number of sulfonamides is 1. The van der Waals surface area contributed by atoms with Gasteiger partial charge in [-0.2, -0.15) is 18.4 Å². The molecule has 2 aliphatic rings. The molecule has 2 aliphatic heterocycles. The molecule has 0 saturated carbocycles. The molecule has 0 radical (unpaired) electrons. The lowest BCUT2D eigenvalue weighted by atomic mass is 10.1. The van der Waals surface area contributed by atoms with Gasteiger partial charge < -0.3 is 28.4 Å². The summed E-state index contributed by atoms with van der Waals surface area (Å²) in [5.41, 5.74) is 0.908. The van der Waals surface area contributed by atoms with Crippen LogP contribution in [0.2, 0.25) is 0 Å². The maximum Gasteiger partial charge on any atom is 0.322 e. The summed E-state index contributed by atoms with van der Waals surface area (Å²) < 4.78 is 64.5. The van der Waals surface area contributed by atoms with E-state index in [1.54, 1.807) is 30.3 Å². The fraction of sp³-hybridized carbons (Fsp3) is 0.483. The van der Waals surface area contributed by atoms with E-state index in [-0.39, 0.29) is 59.8 Å². The maximum absolute atomic E-state index is 13.5. The van der Waals surface area contributed by atoms with Gasteiger partial charge in [-0.3, -0.25) is 4.72 Å². The SMILES string of the molecule is COc1ccccc1Oc1c(NS(=O)(=O)c2ccc(C(C)C)cn2)nc(OCC2CCCO2)nc1OCC1CCCO1. The van der Waals surface area contributed by atoms with Crippen LogP contribution in [0.5, 0.6) is 29.1 Å². The number of pyridine rings is 1. The summed E-state index contributed by atoms with van der Waals surface area (Å²) >= 11 is 0. The first-order valence-electron chi connectivity index (χ1n) is 14.0. The van der Waals surface area contributed by atoms with Gasteiger partial charge in [0.15, 0.2) is 22.3 Å². The molecule has 2 atom stereocenters. The number of rotatable bonds is 13. The van der Waals surface area contributed by atoms with E-state index in [1.807, 2.05) is 13.8 Å². The molecule has 0 bridgehead atoms. The highest BCUT2D eigenvalue weighted by atomic mass is 32.2. The highest BCUT2D eigenvalue weighted by Gasteiger charge is 2.28. The minimum Gasteiger partial charge on any atom is -0.493 e. The molecule has 13 heteroatoms. The molecule has 0 spiro atoms. The molecule has 4 heterocycles. The molecule has 0 aliphatic carbocycles. The highest BCUT2D eigenvalue weighted by molar-refractivity contribution is 7.92. The van der Waals surface area contributed by atoms with Gasteiger partial charge in [-0.1, -0.05) is 32.0 Å². The van der Waals surface area contributed by atoms with Crippen molar-refractivity contribution in [3.8, 4) is 29.1 Å². The van der Waals surface area contributed by atoms with Gasteiger partial charge in [0.1, 0.15) is 13.2 Å². The van der Waals surface area contributed by atoms with Crippen LogP contribution in [0.25, 0.3) is 0 Å². The Bertz CT molecular complexity index is 1440. The van der Waals surface area contributed by atoms with Crippen molar-refractivity contribution in [1.82, 2.24) is 15.0 Å². The number of aromatic nitrogens is 3. The molecule has 42 heavy (non-hydrogen) atoms. The Kier molecular flexibility index (Phi) is 9.60. The Morgan fingerprint density at radius 3 is 2.24 bits per heavy atom. The van der Waals surface area contributed by atoms with Crippen LogP contribution in [0.15, 0.2) is 47.6 Å². The summed E-state index contributed by atoms with van der Waals surface area (Å²) in [5.74, 6) is 0.644. The molecule has 5 rings (SSSR count). The van der Waals surface area contributed by atoms with E-state index in [0.29, 0.717) is 24.7 Å². The van der Waals surface area contributed by atoms with Crippen LogP contribution in [0.1, 0.15) is 51.0 Å². The third-order valence-corrected chi connectivity index (χ3v) is 8.13. The first kappa shape index (κ1) is 29.8. The van der Waals surface area contributed by atoms with E-state index in [2.05, 4.69) is 19.7 Å². The molecule has 3 aromatic rings. The number of nitrogens with one attached hydrogen (secondary N) is 1. The predicted molar refractivity (Wildman–Crippen MR) is 153 cm³/mol. The fourth-order valence-electron chi connectivity index (χ4n) is 4.51. The van der Waals surface area contributed by atoms with Gasteiger partial charge in [-0.25, -0.2) is 4.98 Å². The first-order chi connectivity index (χ1) is 20.3. The van der Waals surface area contributed by atoms with Crippen molar-refractivity contribution in [1.29, 1.82) is 0 Å². The highest BCUT2D eigenvalue weighted by Crippen LogP contribution is 2.41. The second kappa shape index (κ2) is 13.5. The van der Waals surface area contributed by atoms with Gasteiger partial charge in [-0.15, -0.1) is 0 Å². The van der Waals surface area contributed by atoms with Gasteiger partial charge in [0.2, 0.25) is 5.75 Å². The normalized spacial score (nSPS) is 18.7. The maximum atomic E-state index is 13.5. The standard InChI is InChI=1S/C29H36N4O8S/c1-19(2)20-12-13-25(30-16-20)42(34,35)33-27-26(41-24-11-5-4-10-23(24)36-3)28(39-17-21-8-6-14-37-21)32-29(31-27)40-18-22-9-7-15-38-22/h4-5,10-13,16,19,21-22H,6-9,14-15,17-18H2,1-3H3,(H,31,32,33). The van der Waals surface area contributed by atoms with Crippen molar-refractivity contribution in [2.24, 2.45) is 0 Å². The molecule has 0 amide bonds. The predicted octanol–water partition coefficient (Wildman–Crippen LogP) is 4.71. The van der Waals surface area contributed by atoms with Crippen molar-refractivity contribution < 1.29 is 36.8 Å². The Morgan fingerprint density at radius 1 is 0.952 bits per heavy atom.